The van der Waals surface area contributed by atoms with Crippen molar-refractivity contribution in [2.24, 2.45) is 0 Å². The van der Waals surface area contributed by atoms with Crippen LogP contribution in [0.3, 0.4) is 0 Å². The van der Waals surface area contributed by atoms with Crippen molar-refractivity contribution in [1.82, 2.24) is 0 Å². The highest BCUT2D eigenvalue weighted by atomic mass is 32.2. The lowest BCUT2D eigenvalue weighted by molar-refractivity contribution is -0.142. The van der Waals surface area contributed by atoms with Gasteiger partial charge in [-0.15, -0.1) is 11.8 Å². The molecular formula is C9H12O2S. The Morgan fingerprint density at radius 2 is 2.58 bits per heavy atom. The molecule has 0 aromatic heterocycles. The fourth-order valence-corrected chi connectivity index (χ4v) is 1.62. The molecule has 66 valence electrons. The van der Waals surface area contributed by atoms with Crippen molar-refractivity contribution in [3.63, 3.8) is 0 Å². The molecule has 0 radical (unpaired) electrons. The maximum atomic E-state index is 11.0. The molecule has 0 saturated carbocycles. The van der Waals surface area contributed by atoms with Crippen LogP contribution >= 0.6 is 11.8 Å². The smallest absolute Gasteiger partial charge is 0.310 e. The largest absolute Gasteiger partial charge is 0.466 e. The molecule has 1 heterocycles. The van der Waals surface area contributed by atoms with E-state index in [1.807, 2.05) is 18.4 Å². The molecule has 0 atom stereocenters. The van der Waals surface area contributed by atoms with Crippen molar-refractivity contribution >= 4 is 17.7 Å². The van der Waals surface area contributed by atoms with Gasteiger partial charge in [-0.05, 0) is 17.9 Å². The van der Waals surface area contributed by atoms with Crippen LogP contribution in [0.4, 0.5) is 0 Å². The van der Waals surface area contributed by atoms with Gasteiger partial charge in [-0.25, -0.2) is 0 Å². The molecule has 0 bridgehead atoms. The number of allylic oxidation sites excluding steroid dienone is 1. The van der Waals surface area contributed by atoms with E-state index in [0.29, 0.717) is 13.0 Å². The summed E-state index contributed by atoms with van der Waals surface area (Å²) < 4.78 is 4.82. The first-order valence-corrected chi connectivity index (χ1v) is 5.00. The van der Waals surface area contributed by atoms with Crippen LogP contribution in [0.5, 0.6) is 0 Å². The first kappa shape index (κ1) is 9.39. The number of carbonyl (C=O) groups is 1. The van der Waals surface area contributed by atoms with E-state index in [-0.39, 0.29) is 5.97 Å². The molecule has 0 spiro atoms. The molecule has 1 aliphatic rings. The van der Waals surface area contributed by atoms with Gasteiger partial charge in [0.05, 0.1) is 13.0 Å². The summed E-state index contributed by atoms with van der Waals surface area (Å²) >= 11 is 1.73. The van der Waals surface area contributed by atoms with E-state index in [1.165, 1.54) is 0 Å². The molecule has 0 fully saturated rings. The first-order valence-electron chi connectivity index (χ1n) is 3.95. The third-order valence-electron chi connectivity index (χ3n) is 1.47. The van der Waals surface area contributed by atoms with Crippen LogP contribution in [0.15, 0.2) is 23.1 Å². The Morgan fingerprint density at radius 1 is 1.75 bits per heavy atom. The number of hydrogen-bond acceptors (Lipinski definition) is 3. The van der Waals surface area contributed by atoms with Gasteiger partial charge in [-0.2, -0.15) is 0 Å². The molecule has 0 aromatic carbocycles. The summed E-state index contributed by atoms with van der Waals surface area (Å²) in [5.74, 6) is 0.825. The molecule has 1 rings (SSSR count). The predicted molar refractivity (Wildman–Crippen MR) is 50.9 cm³/mol. The summed E-state index contributed by atoms with van der Waals surface area (Å²) in [6.07, 6.45) is 4.43. The van der Waals surface area contributed by atoms with Gasteiger partial charge in [0.1, 0.15) is 0 Å². The minimum atomic E-state index is -0.139. The molecular weight excluding hydrogens is 172 g/mol. The fourth-order valence-electron chi connectivity index (χ4n) is 0.924. The summed E-state index contributed by atoms with van der Waals surface area (Å²) in [5, 5.41) is 2.01. The Bertz CT molecular complexity index is 219. The van der Waals surface area contributed by atoms with E-state index in [4.69, 9.17) is 4.74 Å². The lowest BCUT2D eigenvalue weighted by Gasteiger charge is -2.05. The third-order valence-corrected chi connectivity index (χ3v) is 2.16. The quantitative estimate of drug-likeness (QED) is 0.628. The molecule has 0 N–H and O–H groups in total. The highest BCUT2D eigenvalue weighted by molar-refractivity contribution is 8.02. The minimum Gasteiger partial charge on any atom is -0.466 e. The number of ether oxygens (including phenoxy) is 1. The summed E-state index contributed by atoms with van der Waals surface area (Å²) in [7, 11) is 0. The molecule has 0 unspecified atom stereocenters. The van der Waals surface area contributed by atoms with Gasteiger partial charge in [0.15, 0.2) is 0 Å². The van der Waals surface area contributed by atoms with Crippen molar-refractivity contribution in [2.75, 3.05) is 12.4 Å². The Hall–Kier alpha value is -0.700. The fraction of sp³-hybridized carbons (Fsp3) is 0.444. The Labute approximate surface area is 76.7 Å². The van der Waals surface area contributed by atoms with Crippen LogP contribution in [-0.4, -0.2) is 18.3 Å². The zero-order valence-electron chi connectivity index (χ0n) is 7.08. The second kappa shape index (κ2) is 5.04. The van der Waals surface area contributed by atoms with E-state index >= 15 is 0 Å². The van der Waals surface area contributed by atoms with Crippen molar-refractivity contribution < 1.29 is 9.53 Å². The number of carbonyl (C=O) groups excluding carboxylic acids is 1. The van der Waals surface area contributed by atoms with Crippen molar-refractivity contribution in [3.05, 3.63) is 23.1 Å². The first-order chi connectivity index (χ1) is 5.83. The van der Waals surface area contributed by atoms with Gasteiger partial charge in [-0.1, -0.05) is 12.2 Å². The van der Waals surface area contributed by atoms with E-state index in [9.17, 15) is 4.79 Å². The monoisotopic (exact) mass is 184 g/mol. The van der Waals surface area contributed by atoms with Crippen LogP contribution in [0.2, 0.25) is 0 Å². The summed E-state index contributed by atoms with van der Waals surface area (Å²) in [6, 6.07) is 0. The average Bonchev–Trinajstić information content (AvgIpc) is 2.06. The molecule has 0 aliphatic carbocycles. The molecule has 0 amide bonds. The number of rotatable bonds is 3. The second-order valence-electron chi connectivity index (χ2n) is 2.40. The average molecular weight is 184 g/mol. The maximum Gasteiger partial charge on any atom is 0.310 e. The topological polar surface area (TPSA) is 26.3 Å². The number of esters is 1. The summed E-state index contributed by atoms with van der Waals surface area (Å²) in [6.45, 7) is 2.28. The molecule has 0 aromatic rings. The zero-order valence-corrected chi connectivity index (χ0v) is 7.89. The SMILES string of the molecule is CCOC(=O)CC1=CCSC=C1. The van der Waals surface area contributed by atoms with Gasteiger partial charge in [0.2, 0.25) is 0 Å². The van der Waals surface area contributed by atoms with E-state index < -0.39 is 0 Å². The van der Waals surface area contributed by atoms with Gasteiger partial charge < -0.3 is 4.74 Å². The predicted octanol–water partition coefficient (Wildman–Crippen LogP) is 2.13. The van der Waals surface area contributed by atoms with E-state index in [2.05, 4.69) is 6.08 Å². The normalized spacial score (nSPS) is 15.6. The second-order valence-corrected chi connectivity index (χ2v) is 3.34. The number of thioether (sulfide) groups is 1. The van der Waals surface area contributed by atoms with Gasteiger partial charge in [0.25, 0.3) is 0 Å². The lowest BCUT2D eigenvalue weighted by atomic mass is 10.2. The van der Waals surface area contributed by atoms with E-state index in [1.54, 1.807) is 11.8 Å². The molecule has 12 heavy (non-hydrogen) atoms. The molecule has 0 saturated heterocycles. The number of hydrogen-bond donors (Lipinski definition) is 0. The third kappa shape index (κ3) is 3.13. The van der Waals surface area contributed by atoms with Crippen molar-refractivity contribution in [1.29, 1.82) is 0 Å². The standard InChI is InChI=1S/C9H12O2S/c1-2-11-9(10)7-8-3-5-12-6-4-8/h3-5H,2,6-7H2,1H3. The van der Waals surface area contributed by atoms with Crippen LogP contribution in [0.1, 0.15) is 13.3 Å². The molecule has 3 heteroatoms. The van der Waals surface area contributed by atoms with E-state index in [0.717, 1.165) is 11.3 Å². The highest BCUT2D eigenvalue weighted by Crippen LogP contribution is 2.16. The van der Waals surface area contributed by atoms with Crippen LogP contribution in [0, 0.1) is 0 Å². The van der Waals surface area contributed by atoms with Gasteiger partial charge in [-0.3, -0.25) is 4.79 Å². The Kier molecular flexibility index (Phi) is 3.94. The summed E-state index contributed by atoms with van der Waals surface area (Å²) in [5.41, 5.74) is 1.06. The molecule has 1 aliphatic heterocycles. The van der Waals surface area contributed by atoms with Crippen molar-refractivity contribution in [3.8, 4) is 0 Å². The van der Waals surface area contributed by atoms with Crippen LogP contribution < -0.4 is 0 Å². The Balaban J connectivity index is 2.35. The Morgan fingerprint density at radius 3 is 3.17 bits per heavy atom. The molecule has 2 nitrogen and oxygen atoms in total. The van der Waals surface area contributed by atoms with Gasteiger partial charge in [0, 0.05) is 5.75 Å². The summed E-state index contributed by atoms with van der Waals surface area (Å²) in [4.78, 5) is 11.0. The minimum absolute atomic E-state index is 0.139. The van der Waals surface area contributed by atoms with Crippen molar-refractivity contribution in [2.45, 2.75) is 13.3 Å². The van der Waals surface area contributed by atoms with Crippen LogP contribution in [0.25, 0.3) is 0 Å². The zero-order chi connectivity index (χ0) is 8.81. The maximum absolute atomic E-state index is 11.0. The lowest BCUT2D eigenvalue weighted by Crippen LogP contribution is -2.04. The van der Waals surface area contributed by atoms with Gasteiger partial charge >= 0.3 is 5.97 Å². The van der Waals surface area contributed by atoms with Crippen LogP contribution in [-0.2, 0) is 9.53 Å². The highest BCUT2D eigenvalue weighted by Gasteiger charge is 2.05.